The number of thioether (sulfide) groups is 2. The van der Waals surface area contributed by atoms with E-state index in [-0.39, 0.29) is 0 Å². The van der Waals surface area contributed by atoms with Gasteiger partial charge in [-0.3, -0.25) is 0 Å². The lowest BCUT2D eigenvalue weighted by atomic mass is 10.0. The first-order chi connectivity index (χ1) is 9.31. The second kappa shape index (κ2) is 8.23. The van der Waals surface area contributed by atoms with Crippen molar-refractivity contribution in [2.45, 2.75) is 43.2 Å². The number of benzene rings is 1. The van der Waals surface area contributed by atoms with Crippen LogP contribution in [0.5, 0.6) is 0 Å². The molecule has 1 aliphatic rings. The normalized spacial score (nSPS) is 25.2. The third kappa shape index (κ3) is 4.73. The van der Waals surface area contributed by atoms with Crippen LogP contribution in [0.4, 0.5) is 0 Å². The Labute approximate surface area is 126 Å². The van der Waals surface area contributed by atoms with Crippen LogP contribution in [0, 0.1) is 0 Å². The van der Waals surface area contributed by atoms with Gasteiger partial charge in [-0.25, -0.2) is 0 Å². The Morgan fingerprint density at radius 1 is 1.21 bits per heavy atom. The fraction of sp³-hybridized carbons (Fsp3) is 0.625. The molecule has 19 heavy (non-hydrogen) atoms. The van der Waals surface area contributed by atoms with Crippen LogP contribution in [0.2, 0.25) is 0 Å². The molecule has 3 heteroatoms. The van der Waals surface area contributed by atoms with E-state index in [0.29, 0.717) is 6.04 Å². The van der Waals surface area contributed by atoms with E-state index in [2.05, 4.69) is 73.0 Å². The Kier molecular flexibility index (Phi) is 6.62. The Morgan fingerprint density at radius 2 is 1.95 bits per heavy atom. The van der Waals surface area contributed by atoms with Crippen molar-refractivity contribution in [1.29, 1.82) is 0 Å². The summed E-state index contributed by atoms with van der Waals surface area (Å²) in [7, 11) is 0. The van der Waals surface area contributed by atoms with E-state index in [4.69, 9.17) is 0 Å². The predicted octanol–water partition coefficient (Wildman–Crippen LogP) is 3.83. The fourth-order valence-electron chi connectivity index (χ4n) is 2.70. The molecule has 0 saturated carbocycles. The minimum Gasteiger partial charge on any atom is -0.313 e. The number of rotatable bonds is 6. The molecule has 1 fully saturated rings. The van der Waals surface area contributed by atoms with Gasteiger partial charge in [0.15, 0.2) is 0 Å². The van der Waals surface area contributed by atoms with E-state index in [0.717, 1.165) is 17.0 Å². The standard InChI is InChI=1S/C16H25NS2/c1-3-17-15(16-13(2)18-11-12-19-16)10-9-14-7-5-4-6-8-14/h4-8,13,15-17H,3,9-12H2,1-2H3. The Bertz CT molecular complexity index is 355. The van der Waals surface area contributed by atoms with Crippen LogP contribution in [0.15, 0.2) is 30.3 Å². The number of aryl methyl sites for hydroxylation is 1. The number of hydrogen-bond donors (Lipinski definition) is 1. The van der Waals surface area contributed by atoms with Crippen molar-refractivity contribution in [3.63, 3.8) is 0 Å². The van der Waals surface area contributed by atoms with E-state index in [9.17, 15) is 0 Å². The van der Waals surface area contributed by atoms with Gasteiger partial charge in [-0.05, 0) is 24.9 Å². The minimum absolute atomic E-state index is 0.651. The molecule has 0 aliphatic carbocycles. The zero-order chi connectivity index (χ0) is 13.5. The molecule has 0 aromatic heterocycles. The molecule has 1 aromatic rings. The van der Waals surface area contributed by atoms with E-state index < -0.39 is 0 Å². The second-order valence-corrected chi connectivity index (χ2v) is 7.87. The summed E-state index contributed by atoms with van der Waals surface area (Å²) in [5, 5.41) is 5.26. The SMILES string of the molecule is CCNC(CCc1ccccc1)C1SCCSC1C. The van der Waals surface area contributed by atoms with Gasteiger partial charge in [0.05, 0.1) is 0 Å². The topological polar surface area (TPSA) is 12.0 Å². The van der Waals surface area contributed by atoms with Crippen molar-refractivity contribution in [2.75, 3.05) is 18.1 Å². The van der Waals surface area contributed by atoms with Crippen LogP contribution < -0.4 is 5.32 Å². The Morgan fingerprint density at radius 3 is 2.63 bits per heavy atom. The Balaban J connectivity index is 1.91. The van der Waals surface area contributed by atoms with Gasteiger partial charge in [-0.15, -0.1) is 0 Å². The molecular formula is C16H25NS2. The molecule has 106 valence electrons. The summed E-state index contributed by atoms with van der Waals surface area (Å²) in [4.78, 5) is 0. The smallest absolute Gasteiger partial charge is 0.0317 e. The summed E-state index contributed by atoms with van der Waals surface area (Å²) in [6, 6.07) is 11.5. The summed E-state index contributed by atoms with van der Waals surface area (Å²) in [5.74, 6) is 2.63. The van der Waals surface area contributed by atoms with Crippen molar-refractivity contribution in [3.05, 3.63) is 35.9 Å². The molecule has 0 radical (unpaired) electrons. The lowest BCUT2D eigenvalue weighted by molar-refractivity contribution is 0.473. The number of hydrogen-bond acceptors (Lipinski definition) is 3. The van der Waals surface area contributed by atoms with Crippen LogP contribution in [-0.2, 0) is 6.42 Å². The van der Waals surface area contributed by atoms with Gasteiger partial charge in [0, 0.05) is 28.0 Å². The molecule has 1 nitrogen and oxygen atoms in total. The summed E-state index contributed by atoms with van der Waals surface area (Å²) >= 11 is 4.31. The molecule has 1 heterocycles. The highest BCUT2D eigenvalue weighted by Gasteiger charge is 2.29. The zero-order valence-corrected chi connectivity index (χ0v) is 13.6. The van der Waals surface area contributed by atoms with E-state index in [1.807, 2.05) is 0 Å². The third-order valence-electron chi connectivity index (χ3n) is 3.69. The molecule has 2 rings (SSSR count). The molecular weight excluding hydrogens is 270 g/mol. The van der Waals surface area contributed by atoms with Gasteiger partial charge < -0.3 is 5.32 Å². The first kappa shape index (κ1) is 15.3. The second-order valence-electron chi connectivity index (χ2n) is 5.10. The highest BCUT2D eigenvalue weighted by atomic mass is 32.2. The van der Waals surface area contributed by atoms with Gasteiger partial charge in [-0.1, -0.05) is 44.2 Å². The van der Waals surface area contributed by atoms with Crippen LogP contribution in [0.25, 0.3) is 0 Å². The molecule has 1 aliphatic heterocycles. The van der Waals surface area contributed by atoms with Crippen molar-refractivity contribution < 1.29 is 0 Å². The first-order valence-electron chi connectivity index (χ1n) is 7.31. The van der Waals surface area contributed by atoms with Crippen molar-refractivity contribution in [2.24, 2.45) is 0 Å². The molecule has 0 bridgehead atoms. The fourth-order valence-corrected chi connectivity index (χ4v) is 5.70. The Hall–Kier alpha value is -0.120. The summed E-state index contributed by atoms with van der Waals surface area (Å²) in [5.41, 5.74) is 1.46. The monoisotopic (exact) mass is 295 g/mol. The quantitative estimate of drug-likeness (QED) is 0.856. The van der Waals surface area contributed by atoms with E-state index in [1.165, 1.54) is 29.9 Å². The highest BCUT2D eigenvalue weighted by Crippen LogP contribution is 2.34. The van der Waals surface area contributed by atoms with Crippen LogP contribution in [-0.4, -0.2) is 34.6 Å². The molecule has 1 aromatic carbocycles. The molecule has 1 saturated heterocycles. The van der Waals surface area contributed by atoms with Gasteiger partial charge in [0.25, 0.3) is 0 Å². The maximum absolute atomic E-state index is 3.72. The molecule has 3 unspecified atom stereocenters. The average Bonchev–Trinajstić information content (AvgIpc) is 2.45. The highest BCUT2D eigenvalue weighted by molar-refractivity contribution is 8.07. The zero-order valence-electron chi connectivity index (χ0n) is 12.0. The average molecular weight is 296 g/mol. The van der Waals surface area contributed by atoms with Crippen molar-refractivity contribution in [1.82, 2.24) is 5.32 Å². The van der Waals surface area contributed by atoms with Gasteiger partial charge in [0.2, 0.25) is 0 Å². The molecule has 0 spiro atoms. The minimum atomic E-state index is 0.651. The van der Waals surface area contributed by atoms with Crippen LogP contribution in [0.3, 0.4) is 0 Å². The van der Waals surface area contributed by atoms with Crippen LogP contribution >= 0.6 is 23.5 Å². The molecule has 0 amide bonds. The summed E-state index contributed by atoms with van der Waals surface area (Å²) in [6.07, 6.45) is 2.44. The molecule has 1 N–H and O–H groups in total. The summed E-state index contributed by atoms with van der Waals surface area (Å²) < 4.78 is 0. The van der Waals surface area contributed by atoms with Crippen molar-refractivity contribution in [3.8, 4) is 0 Å². The van der Waals surface area contributed by atoms with Gasteiger partial charge in [-0.2, -0.15) is 23.5 Å². The first-order valence-corrected chi connectivity index (χ1v) is 9.41. The lowest BCUT2D eigenvalue weighted by Gasteiger charge is -2.35. The predicted molar refractivity (Wildman–Crippen MR) is 90.4 cm³/mol. The molecule has 3 atom stereocenters. The van der Waals surface area contributed by atoms with Crippen molar-refractivity contribution >= 4 is 23.5 Å². The van der Waals surface area contributed by atoms with E-state index in [1.54, 1.807) is 0 Å². The largest absolute Gasteiger partial charge is 0.313 e. The third-order valence-corrected chi connectivity index (χ3v) is 6.94. The van der Waals surface area contributed by atoms with Gasteiger partial charge >= 0.3 is 0 Å². The van der Waals surface area contributed by atoms with Crippen LogP contribution in [0.1, 0.15) is 25.8 Å². The number of nitrogens with one attached hydrogen (secondary N) is 1. The van der Waals surface area contributed by atoms with E-state index >= 15 is 0 Å². The lowest BCUT2D eigenvalue weighted by Crippen LogP contribution is -2.44. The maximum Gasteiger partial charge on any atom is 0.0317 e. The maximum atomic E-state index is 3.72. The summed E-state index contributed by atoms with van der Waals surface area (Å²) in [6.45, 7) is 5.70. The van der Waals surface area contributed by atoms with Gasteiger partial charge in [0.1, 0.15) is 0 Å².